The number of tetrazole rings is 1. The summed E-state index contributed by atoms with van der Waals surface area (Å²) in [7, 11) is 0. The van der Waals surface area contributed by atoms with Gasteiger partial charge in [-0.2, -0.15) is 4.68 Å². The molecule has 1 atom stereocenters. The summed E-state index contributed by atoms with van der Waals surface area (Å²) in [6.07, 6.45) is 0. The van der Waals surface area contributed by atoms with Gasteiger partial charge in [0.25, 0.3) is 0 Å². The van der Waals surface area contributed by atoms with Crippen LogP contribution in [0.25, 0.3) is 0 Å². The first-order chi connectivity index (χ1) is 11.7. The second-order valence-electron chi connectivity index (χ2n) is 6.66. The Morgan fingerprint density at radius 1 is 1.40 bits per heavy atom. The van der Waals surface area contributed by atoms with E-state index in [-0.39, 0.29) is 16.2 Å². The molecule has 9 heteroatoms. The van der Waals surface area contributed by atoms with Gasteiger partial charge in [0.05, 0.1) is 10.6 Å². The maximum atomic E-state index is 14.7. The summed E-state index contributed by atoms with van der Waals surface area (Å²) >= 11 is 5.92. The molecule has 0 radical (unpaired) electrons. The van der Waals surface area contributed by atoms with Gasteiger partial charge in [-0.15, -0.1) is 0 Å². The van der Waals surface area contributed by atoms with Crippen molar-refractivity contribution in [3.8, 4) is 0 Å². The zero-order valence-electron chi connectivity index (χ0n) is 14.2. The molecule has 2 aromatic rings. The number of hydrogen-bond donors (Lipinski definition) is 1. The van der Waals surface area contributed by atoms with Crippen molar-refractivity contribution in [3.05, 3.63) is 45.9 Å². The summed E-state index contributed by atoms with van der Waals surface area (Å²) in [5.41, 5.74) is 0.183. The van der Waals surface area contributed by atoms with E-state index >= 15 is 0 Å². The zero-order valence-corrected chi connectivity index (χ0v) is 14.9. The van der Waals surface area contributed by atoms with Gasteiger partial charge in [-0.1, -0.05) is 28.8 Å². The molecule has 0 amide bonds. The summed E-state index contributed by atoms with van der Waals surface area (Å²) in [6, 6.07) is 3.70. The third-order valence-electron chi connectivity index (χ3n) is 3.61. The predicted molar refractivity (Wildman–Crippen MR) is 89.5 cm³/mol. The van der Waals surface area contributed by atoms with Crippen LogP contribution in [0.1, 0.15) is 39.3 Å². The molecule has 1 aliphatic heterocycles. The van der Waals surface area contributed by atoms with E-state index in [1.807, 2.05) is 0 Å². The van der Waals surface area contributed by atoms with Crippen LogP contribution in [0.5, 0.6) is 0 Å². The third-order valence-corrected chi connectivity index (χ3v) is 3.90. The van der Waals surface area contributed by atoms with Gasteiger partial charge in [-0.05, 0) is 44.2 Å². The lowest BCUT2D eigenvalue weighted by molar-refractivity contribution is -0.150. The summed E-state index contributed by atoms with van der Waals surface area (Å²) in [5.74, 6) is -0.913. The topological polar surface area (TPSA) is 81.9 Å². The van der Waals surface area contributed by atoms with Crippen molar-refractivity contribution in [2.24, 2.45) is 0 Å². The molecule has 0 aliphatic carbocycles. The van der Waals surface area contributed by atoms with Crippen molar-refractivity contribution in [2.45, 2.75) is 39.3 Å². The SMILES string of the molecule is CC1=C(C(=O)OC(C)(C)C)[C@@H](c2cccc(Cl)c2F)n2nnnc2N1. The number of esters is 1. The Labute approximate surface area is 148 Å². The van der Waals surface area contributed by atoms with E-state index < -0.39 is 23.4 Å². The quantitative estimate of drug-likeness (QED) is 0.823. The Hall–Kier alpha value is -2.48. The lowest BCUT2D eigenvalue weighted by Crippen LogP contribution is -2.33. The fourth-order valence-corrected chi connectivity index (χ4v) is 2.81. The van der Waals surface area contributed by atoms with Gasteiger partial charge in [-0.3, -0.25) is 0 Å². The van der Waals surface area contributed by atoms with Crippen molar-refractivity contribution >= 4 is 23.5 Å². The zero-order chi connectivity index (χ0) is 18.4. The minimum Gasteiger partial charge on any atom is -0.456 e. The second-order valence-corrected chi connectivity index (χ2v) is 7.07. The first-order valence-electron chi connectivity index (χ1n) is 7.62. The highest BCUT2D eigenvalue weighted by Gasteiger charge is 2.37. The number of benzene rings is 1. The van der Waals surface area contributed by atoms with Crippen LogP contribution < -0.4 is 5.32 Å². The maximum Gasteiger partial charge on any atom is 0.338 e. The summed E-state index contributed by atoms with van der Waals surface area (Å²) < 4.78 is 21.5. The Kier molecular flexibility index (Phi) is 4.24. The van der Waals surface area contributed by atoms with E-state index in [1.165, 1.54) is 10.7 Å². The van der Waals surface area contributed by atoms with Crippen LogP contribution in [0.4, 0.5) is 10.3 Å². The Balaban J connectivity index is 2.17. The lowest BCUT2D eigenvalue weighted by Gasteiger charge is -2.29. The van der Waals surface area contributed by atoms with E-state index in [1.54, 1.807) is 39.8 Å². The van der Waals surface area contributed by atoms with Crippen LogP contribution in [-0.2, 0) is 9.53 Å². The molecule has 0 bridgehead atoms. The molecule has 2 heterocycles. The molecule has 132 valence electrons. The number of hydrogen-bond acceptors (Lipinski definition) is 6. The van der Waals surface area contributed by atoms with Gasteiger partial charge in [0.1, 0.15) is 17.5 Å². The van der Waals surface area contributed by atoms with E-state index in [9.17, 15) is 9.18 Å². The smallest absolute Gasteiger partial charge is 0.338 e. The summed E-state index contributed by atoms with van der Waals surface area (Å²) in [4.78, 5) is 12.8. The first-order valence-corrected chi connectivity index (χ1v) is 8.00. The molecule has 0 spiro atoms. The van der Waals surface area contributed by atoms with Crippen molar-refractivity contribution < 1.29 is 13.9 Å². The molecule has 0 unspecified atom stereocenters. The van der Waals surface area contributed by atoms with E-state index in [4.69, 9.17) is 16.3 Å². The molecule has 3 rings (SSSR count). The molecule has 25 heavy (non-hydrogen) atoms. The minimum atomic E-state index is -0.889. The number of halogens is 2. The Bertz CT molecular complexity index is 872. The van der Waals surface area contributed by atoms with Gasteiger partial charge < -0.3 is 10.1 Å². The number of anilines is 1. The Morgan fingerprint density at radius 2 is 2.12 bits per heavy atom. The van der Waals surface area contributed by atoms with Crippen molar-refractivity contribution in [1.82, 2.24) is 20.2 Å². The standard InChI is InChI=1S/C16H17ClFN5O2/c1-8-11(14(24)25-16(2,3)4)13(23-15(19-8)20-21-22-23)9-6-5-7-10(17)12(9)18/h5-7,13H,1-4H3,(H,19,20,22)/t13-/m1/s1. The number of aromatic nitrogens is 4. The molecular formula is C16H17ClFN5O2. The molecule has 0 saturated heterocycles. The van der Waals surface area contributed by atoms with Gasteiger partial charge in [-0.25, -0.2) is 9.18 Å². The summed E-state index contributed by atoms with van der Waals surface area (Å²) in [6.45, 7) is 6.96. The highest BCUT2D eigenvalue weighted by atomic mass is 35.5. The number of nitrogens with one attached hydrogen (secondary N) is 1. The molecule has 1 N–H and O–H groups in total. The van der Waals surface area contributed by atoms with E-state index in [2.05, 4.69) is 20.8 Å². The van der Waals surface area contributed by atoms with Gasteiger partial charge in [0.15, 0.2) is 0 Å². The van der Waals surface area contributed by atoms with Crippen LogP contribution >= 0.6 is 11.6 Å². The molecule has 1 aromatic heterocycles. The van der Waals surface area contributed by atoms with Gasteiger partial charge >= 0.3 is 5.97 Å². The van der Waals surface area contributed by atoms with Gasteiger partial charge in [0, 0.05) is 11.3 Å². The maximum absolute atomic E-state index is 14.7. The average Bonchev–Trinajstić information content (AvgIpc) is 2.94. The largest absolute Gasteiger partial charge is 0.456 e. The fourth-order valence-electron chi connectivity index (χ4n) is 2.63. The fraction of sp³-hybridized carbons (Fsp3) is 0.375. The third kappa shape index (κ3) is 3.21. The number of carbonyl (C=O) groups is 1. The second kappa shape index (κ2) is 6.11. The molecule has 0 saturated carbocycles. The molecule has 1 aromatic carbocycles. The predicted octanol–water partition coefficient (Wildman–Crippen LogP) is 3.10. The van der Waals surface area contributed by atoms with Crippen molar-refractivity contribution in [1.29, 1.82) is 0 Å². The van der Waals surface area contributed by atoms with Crippen LogP contribution in [0.2, 0.25) is 5.02 Å². The van der Waals surface area contributed by atoms with Crippen molar-refractivity contribution in [3.63, 3.8) is 0 Å². The van der Waals surface area contributed by atoms with E-state index in [0.29, 0.717) is 11.6 Å². The molecular weight excluding hydrogens is 349 g/mol. The number of allylic oxidation sites excluding steroid dienone is 1. The highest BCUT2D eigenvalue weighted by Crippen LogP contribution is 2.37. The molecule has 0 fully saturated rings. The summed E-state index contributed by atoms with van der Waals surface area (Å²) in [5, 5.41) is 14.2. The normalized spacial score (nSPS) is 17.1. The van der Waals surface area contributed by atoms with Crippen LogP contribution in [0, 0.1) is 5.82 Å². The first kappa shape index (κ1) is 17.3. The number of rotatable bonds is 2. The average molecular weight is 366 g/mol. The monoisotopic (exact) mass is 365 g/mol. The number of fused-ring (bicyclic) bond motifs is 1. The van der Waals surface area contributed by atoms with Crippen LogP contribution in [0.3, 0.4) is 0 Å². The molecule has 7 nitrogen and oxygen atoms in total. The lowest BCUT2D eigenvalue weighted by atomic mass is 9.95. The highest BCUT2D eigenvalue weighted by molar-refractivity contribution is 6.30. The number of carbonyl (C=O) groups excluding carboxylic acids is 1. The minimum absolute atomic E-state index is 0.0492. The van der Waals surface area contributed by atoms with E-state index in [0.717, 1.165) is 0 Å². The Morgan fingerprint density at radius 3 is 2.80 bits per heavy atom. The van der Waals surface area contributed by atoms with Gasteiger partial charge in [0.2, 0.25) is 5.95 Å². The number of nitrogens with zero attached hydrogens (tertiary/aromatic N) is 4. The van der Waals surface area contributed by atoms with Crippen LogP contribution in [-0.4, -0.2) is 31.8 Å². The van der Waals surface area contributed by atoms with Crippen LogP contribution in [0.15, 0.2) is 29.5 Å². The molecule has 1 aliphatic rings. The van der Waals surface area contributed by atoms with Crippen molar-refractivity contribution in [2.75, 3.05) is 5.32 Å². The number of ether oxygens (including phenoxy) is 1.